The van der Waals surface area contributed by atoms with E-state index in [2.05, 4.69) is 15.6 Å². The van der Waals surface area contributed by atoms with Crippen LogP contribution in [0.25, 0.3) is 0 Å². The number of hydroxylamine groups is 1. The Labute approximate surface area is 80.2 Å². The molecule has 0 atom stereocenters. The zero-order chi connectivity index (χ0) is 10.4. The van der Waals surface area contributed by atoms with Crippen LogP contribution < -0.4 is 10.8 Å². The first-order valence-corrected chi connectivity index (χ1v) is 3.87. The fourth-order valence-corrected chi connectivity index (χ4v) is 0.805. The molecule has 0 aliphatic carbocycles. The van der Waals surface area contributed by atoms with Gasteiger partial charge in [0.25, 0.3) is 11.8 Å². The number of rotatable bonds is 4. The molecule has 0 spiro atoms. The Balaban J connectivity index is 2.32. The summed E-state index contributed by atoms with van der Waals surface area (Å²) in [6, 6.07) is 3.09. The number of nitrogens with one attached hydrogen (secondary N) is 2. The summed E-state index contributed by atoms with van der Waals surface area (Å²) in [4.78, 5) is 26.4. The first kappa shape index (κ1) is 10.3. The van der Waals surface area contributed by atoms with Crippen molar-refractivity contribution in [2.75, 3.05) is 13.7 Å². The van der Waals surface area contributed by atoms with Crippen molar-refractivity contribution in [1.82, 2.24) is 10.8 Å². The van der Waals surface area contributed by atoms with Gasteiger partial charge in [0.1, 0.15) is 0 Å². The van der Waals surface area contributed by atoms with E-state index in [-0.39, 0.29) is 12.3 Å². The third kappa shape index (κ3) is 2.91. The Morgan fingerprint density at radius 3 is 2.93 bits per heavy atom. The molecule has 0 bridgehead atoms. The van der Waals surface area contributed by atoms with Crippen molar-refractivity contribution in [2.45, 2.75) is 0 Å². The number of carbonyl (C=O) groups is 2. The van der Waals surface area contributed by atoms with Gasteiger partial charge in [0.05, 0.1) is 19.9 Å². The van der Waals surface area contributed by atoms with Crippen LogP contribution in [0.5, 0.6) is 0 Å². The molecule has 1 aromatic rings. The molecule has 0 saturated carbocycles. The summed E-state index contributed by atoms with van der Waals surface area (Å²) in [5.74, 6) is -0.719. The molecular formula is C8H10N2O4. The van der Waals surface area contributed by atoms with Crippen molar-refractivity contribution >= 4 is 11.8 Å². The molecule has 14 heavy (non-hydrogen) atoms. The Morgan fingerprint density at radius 2 is 2.36 bits per heavy atom. The number of amides is 2. The second-order valence-electron chi connectivity index (χ2n) is 2.39. The molecular weight excluding hydrogens is 188 g/mol. The first-order valence-electron chi connectivity index (χ1n) is 3.87. The summed E-state index contributed by atoms with van der Waals surface area (Å²) < 4.78 is 4.81. The predicted octanol–water partition coefficient (Wildman–Crippen LogP) is -0.313. The lowest BCUT2D eigenvalue weighted by atomic mass is 10.4. The van der Waals surface area contributed by atoms with E-state index >= 15 is 0 Å². The highest BCUT2D eigenvalue weighted by atomic mass is 16.6. The lowest BCUT2D eigenvalue weighted by Crippen LogP contribution is -2.36. The van der Waals surface area contributed by atoms with Gasteiger partial charge in [-0.15, -0.1) is 0 Å². The second kappa shape index (κ2) is 5.03. The number of hydrogen-bond acceptors (Lipinski definition) is 4. The van der Waals surface area contributed by atoms with Gasteiger partial charge in [0, 0.05) is 0 Å². The van der Waals surface area contributed by atoms with Gasteiger partial charge < -0.3 is 9.73 Å². The highest BCUT2D eigenvalue weighted by Gasteiger charge is 2.09. The normalized spacial score (nSPS) is 9.50. The van der Waals surface area contributed by atoms with Crippen LogP contribution in [-0.2, 0) is 9.63 Å². The first-order chi connectivity index (χ1) is 6.74. The van der Waals surface area contributed by atoms with Gasteiger partial charge in [-0.05, 0) is 12.1 Å². The van der Waals surface area contributed by atoms with Crippen molar-refractivity contribution in [3.63, 3.8) is 0 Å². The van der Waals surface area contributed by atoms with Crippen LogP contribution in [0.2, 0.25) is 0 Å². The number of carbonyl (C=O) groups excluding carboxylic acids is 2. The molecule has 1 aromatic heterocycles. The van der Waals surface area contributed by atoms with Gasteiger partial charge in [-0.3, -0.25) is 14.4 Å². The van der Waals surface area contributed by atoms with E-state index in [0.717, 1.165) is 0 Å². The predicted molar refractivity (Wildman–Crippen MR) is 46.2 cm³/mol. The van der Waals surface area contributed by atoms with Gasteiger partial charge >= 0.3 is 0 Å². The lowest BCUT2D eigenvalue weighted by molar-refractivity contribution is -0.130. The minimum atomic E-state index is -0.443. The van der Waals surface area contributed by atoms with E-state index in [1.165, 1.54) is 19.4 Å². The van der Waals surface area contributed by atoms with Crippen LogP contribution in [0.1, 0.15) is 10.6 Å². The summed E-state index contributed by atoms with van der Waals surface area (Å²) in [6.45, 7) is -0.159. The van der Waals surface area contributed by atoms with E-state index in [0.29, 0.717) is 0 Å². The minimum Gasteiger partial charge on any atom is -0.459 e. The molecule has 76 valence electrons. The highest BCUT2D eigenvalue weighted by molar-refractivity contribution is 5.93. The maximum absolute atomic E-state index is 11.2. The van der Waals surface area contributed by atoms with Crippen molar-refractivity contribution in [3.8, 4) is 0 Å². The third-order valence-electron chi connectivity index (χ3n) is 1.37. The van der Waals surface area contributed by atoms with Gasteiger partial charge in [0.15, 0.2) is 5.76 Å². The summed E-state index contributed by atoms with van der Waals surface area (Å²) in [6.07, 6.45) is 1.38. The minimum absolute atomic E-state index is 0.159. The van der Waals surface area contributed by atoms with Crippen LogP contribution in [-0.4, -0.2) is 25.5 Å². The van der Waals surface area contributed by atoms with Gasteiger partial charge in [-0.1, -0.05) is 0 Å². The monoisotopic (exact) mass is 198 g/mol. The molecule has 6 nitrogen and oxygen atoms in total. The zero-order valence-electron chi connectivity index (χ0n) is 7.57. The smallest absolute Gasteiger partial charge is 0.287 e. The van der Waals surface area contributed by atoms with Gasteiger partial charge in [-0.2, -0.15) is 0 Å². The summed E-state index contributed by atoms with van der Waals surface area (Å²) in [7, 11) is 1.31. The van der Waals surface area contributed by atoms with Crippen LogP contribution >= 0.6 is 0 Å². The summed E-state index contributed by atoms with van der Waals surface area (Å²) in [5, 5.41) is 2.34. The quantitative estimate of drug-likeness (QED) is 0.650. The standard InChI is InChI=1S/C8H10N2O4/c1-13-10-7(11)5-9-8(12)6-3-2-4-14-6/h2-4H,5H2,1H3,(H,9,12)(H,10,11). The third-order valence-corrected chi connectivity index (χ3v) is 1.37. The fraction of sp³-hybridized carbons (Fsp3) is 0.250. The Hall–Kier alpha value is -1.82. The molecule has 2 amide bonds. The molecule has 0 aliphatic rings. The maximum Gasteiger partial charge on any atom is 0.287 e. The lowest BCUT2D eigenvalue weighted by Gasteiger charge is -2.02. The zero-order valence-corrected chi connectivity index (χ0v) is 7.57. The molecule has 0 aromatic carbocycles. The average molecular weight is 198 g/mol. The number of hydrogen-bond donors (Lipinski definition) is 2. The highest BCUT2D eigenvalue weighted by Crippen LogP contribution is 1.98. The molecule has 0 aliphatic heterocycles. The second-order valence-corrected chi connectivity index (χ2v) is 2.39. The fourth-order valence-electron chi connectivity index (χ4n) is 0.805. The maximum atomic E-state index is 11.2. The Bertz CT molecular complexity index is 307. The Morgan fingerprint density at radius 1 is 1.57 bits per heavy atom. The molecule has 1 rings (SSSR count). The van der Waals surface area contributed by atoms with Crippen molar-refractivity contribution in [3.05, 3.63) is 24.2 Å². The van der Waals surface area contributed by atoms with E-state index in [1.807, 2.05) is 0 Å². The van der Waals surface area contributed by atoms with Gasteiger partial charge in [0.2, 0.25) is 0 Å². The molecule has 1 heterocycles. The van der Waals surface area contributed by atoms with Crippen molar-refractivity contribution in [1.29, 1.82) is 0 Å². The van der Waals surface area contributed by atoms with Crippen LogP contribution in [0, 0.1) is 0 Å². The SMILES string of the molecule is CONC(=O)CNC(=O)c1ccco1. The molecule has 2 N–H and O–H groups in total. The van der Waals surface area contributed by atoms with E-state index < -0.39 is 11.8 Å². The molecule has 6 heteroatoms. The topological polar surface area (TPSA) is 80.6 Å². The molecule has 0 unspecified atom stereocenters. The van der Waals surface area contributed by atoms with Gasteiger partial charge in [-0.25, -0.2) is 5.48 Å². The summed E-state index contributed by atoms with van der Waals surface area (Å²) in [5.41, 5.74) is 2.06. The molecule has 0 radical (unpaired) electrons. The molecule has 0 fully saturated rings. The van der Waals surface area contributed by atoms with E-state index in [1.54, 1.807) is 6.07 Å². The molecule has 0 saturated heterocycles. The van der Waals surface area contributed by atoms with Crippen LogP contribution in [0.4, 0.5) is 0 Å². The van der Waals surface area contributed by atoms with E-state index in [9.17, 15) is 9.59 Å². The average Bonchev–Trinajstić information content (AvgIpc) is 2.67. The van der Waals surface area contributed by atoms with Crippen LogP contribution in [0.15, 0.2) is 22.8 Å². The number of furan rings is 1. The van der Waals surface area contributed by atoms with Crippen LogP contribution in [0.3, 0.4) is 0 Å². The van der Waals surface area contributed by atoms with Crippen molar-refractivity contribution < 1.29 is 18.8 Å². The largest absolute Gasteiger partial charge is 0.459 e. The Kier molecular flexibility index (Phi) is 3.69. The summed E-state index contributed by atoms with van der Waals surface area (Å²) >= 11 is 0. The van der Waals surface area contributed by atoms with E-state index in [4.69, 9.17) is 4.42 Å². The van der Waals surface area contributed by atoms with Crippen molar-refractivity contribution in [2.24, 2.45) is 0 Å².